The molecule has 0 amide bonds. The van der Waals surface area contributed by atoms with E-state index in [1.165, 1.54) is 55.1 Å². The predicted octanol–water partition coefficient (Wildman–Crippen LogP) is 1.15. The van der Waals surface area contributed by atoms with Gasteiger partial charge in [-0.25, -0.2) is 26.4 Å². The Morgan fingerprint density at radius 1 is 1.00 bits per heavy atom. The van der Waals surface area contributed by atoms with Crippen molar-refractivity contribution >= 4 is 36.8 Å². The molecule has 9 nitrogen and oxygen atoms in total. The Labute approximate surface area is 155 Å². The Bertz CT molecular complexity index is 1300. The lowest BCUT2D eigenvalue weighted by atomic mass is 10.2. The molecule has 0 unspecified atom stereocenters. The van der Waals surface area contributed by atoms with Crippen molar-refractivity contribution < 1.29 is 21.3 Å². The molecule has 0 fully saturated rings. The number of aromatic nitrogens is 1. The van der Waals surface area contributed by atoms with E-state index in [1.807, 2.05) is 0 Å². The number of nitrogens with zero attached hydrogens (tertiary/aromatic N) is 1. The van der Waals surface area contributed by atoms with Gasteiger partial charge >= 0.3 is 5.76 Å². The van der Waals surface area contributed by atoms with Gasteiger partial charge in [-0.05, 0) is 43.8 Å². The van der Waals surface area contributed by atoms with Crippen LogP contribution < -0.4 is 15.2 Å². The van der Waals surface area contributed by atoms with Crippen molar-refractivity contribution in [3.05, 3.63) is 52.5 Å². The van der Waals surface area contributed by atoms with Crippen molar-refractivity contribution in [1.29, 1.82) is 0 Å². The zero-order chi connectivity index (χ0) is 20.0. The highest BCUT2D eigenvalue weighted by molar-refractivity contribution is 7.92. The molecule has 0 spiro atoms. The van der Waals surface area contributed by atoms with Crippen LogP contribution in [0.2, 0.25) is 0 Å². The molecule has 0 saturated carbocycles. The van der Waals surface area contributed by atoms with Crippen LogP contribution in [0.5, 0.6) is 0 Å². The molecule has 0 aliphatic carbocycles. The third-order valence-corrected chi connectivity index (χ3v) is 7.01. The smallest absolute Gasteiger partial charge is 0.408 e. The molecule has 0 saturated heterocycles. The standard InChI is InChI=1S/C16H17N3O6S2/c1-10-4-5-11(8-15(10)27(23,24)17-2)18-26(21,22)12-6-7-13-14(9-12)25-16(20)19(13)3/h4-9,17-18H,1-3H3. The molecule has 3 aromatic rings. The maximum atomic E-state index is 12.6. The molecule has 27 heavy (non-hydrogen) atoms. The Morgan fingerprint density at radius 2 is 1.70 bits per heavy atom. The highest BCUT2D eigenvalue weighted by Gasteiger charge is 2.20. The number of benzene rings is 2. The van der Waals surface area contributed by atoms with Crippen LogP contribution >= 0.6 is 0 Å². The Balaban J connectivity index is 2.02. The van der Waals surface area contributed by atoms with Crippen LogP contribution in [0.1, 0.15) is 5.56 Å². The summed E-state index contributed by atoms with van der Waals surface area (Å²) in [5.41, 5.74) is 1.15. The van der Waals surface area contributed by atoms with Crippen LogP contribution in [0, 0.1) is 6.92 Å². The van der Waals surface area contributed by atoms with Gasteiger partial charge in [0, 0.05) is 13.1 Å². The van der Waals surface area contributed by atoms with Crippen molar-refractivity contribution in [3.63, 3.8) is 0 Å². The average Bonchev–Trinajstić information content (AvgIpc) is 2.90. The minimum absolute atomic E-state index is 0.0327. The van der Waals surface area contributed by atoms with Crippen molar-refractivity contribution in [2.75, 3.05) is 11.8 Å². The van der Waals surface area contributed by atoms with Crippen LogP contribution in [-0.2, 0) is 27.1 Å². The van der Waals surface area contributed by atoms with Gasteiger partial charge < -0.3 is 4.42 Å². The lowest BCUT2D eigenvalue weighted by Crippen LogP contribution is -2.20. The topological polar surface area (TPSA) is 127 Å². The molecule has 0 aliphatic heterocycles. The van der Waals surface area contributed by atoms with Gasteiger partial charge in [0.05, 0.1) is 21.0 Å². The van der Waals surface area contributed by atoms with Crippen LogP contribution in [0.3, 0.4) is 0 Å². The summed E-state index contributed by atoms with van der Waals surface area (Å²) in [5, 5.41) is 0. The first-order valence-corrected chi connectivity index (χ1v) is 10.7. The number of anilines is 1. The van der Waals surface area contributed by atoms with Gasteiger partial charge in [0.15, 0.2) is 5.58 Å². The Hall–Kier alpha value is -2.63. The van der Waals surface area contributed by atoms with Gasteiger partial charge in [0.2, 0.25) is 10.0 Å². The second kappa shape index (κ2) is 6.51. The van der Waals surface area contributed by atoms with E-state index in [-0.39, 0.29) is 21.1 Å². The molecule has 2 N–H and O–H groups in total. The van der Waals surface area contributed by atoms with E-state index in [0.29, 0.717) is 11.1 Å². The lowest BCUT2D eigenvalue weighted by Gasteiger charge is -2.11. The van der Waals surface area contributed by atoms with Crippen molar-refractivity contribution in [3.8, 4) is 0 Å². The monoisotopic (exact) mass is 411 g/mol. The molecule has 1 heterocycles. The largest absolute Gasteiger partial charge is 0.419 e. The summed E-state index contributed by atoms with van der Waals surface area (Å²) in [6.45, 7) is 1.61. The van der Waals surface area contributed by atoms with E-state index in [1.54, 1.807) is 6.92 Å². The third-order valence-electron chi connectivity index (χ3n) is 4.07. The second-order valence-corrected chi connectivity index (χ2v) is 9.39. The molecule has 3 rings (SSSR count). The first-order valence-electron chi connectivity index (χ1n) is 7.72. The van der Waals surface area contributed by atoms with E-state index < -0.39 is 25.8 Å². The molecule has 0 radical (unpaired) electrons. The van der Waals surface area contributed by atoms with E-state index in [4.69, 9.17) is 4.42 Å². The van der Waals surface area contributed by atoms with E-state index >= 15 is 0 Å². The number of oxazole rings is 1. The Kier molecular flexibility index (Phi) is 4.62. The van der Waals surface area contributed by atoms with Gasteiger partial charge in [-0.15, -0.1) is 0 Å². The van der Waals surface area contributed by atoms with Gasteiger partial charge in [-0.2, -0.15) is 0 Å². The summed E-state index contributed by atoms with van der Waals surface area (Å²) < 4.78 is 60.2. The SMILES string of the molecule is CNS(=O)(=O)c1cc(NS(=O)(=O)c2ccc3c(c2)oc(=O)n3C)ccc1C. The summed E-state index contributed by atoms with van der Waals surface area (Å²) in [6, 6.07) is 8.22. The number of rotatable bonds is 5. The number of nitrogens with one attached hydrogen (secondary N) is 2. The van der Waals surface area contributed by atoms with E-state index in [9.17, 15) is 21.6 Å². The molecule has 144 valence electrons. The summed E-state index contributed by atoms with van der Waals surface area (Å²) in [5.74, 6) is -0.604. The van der Waals surface area contributed by atoms with Crippen molar-refractivity contribution in [2.24, 2.45) is 7.05 Å². The Morgan fingerprint density at radius 3 is 2.37 bits per heavy atom. The van der Waals surface area contributed by atoms with Gasteiger partial charge in [0.1, 0.15) is 0 Å². The fourth-order valence-corrected chi connectivity index (χ4v) is 4.62. The van der Waals surface area contributed by atoms with Crippen LogP contribution in [0.15, 0.2) is 55.4 Å². The fraction of sp³-hybridized carbons (Fsp3) is 0.188. The first kappa shape index (κ1) is 19.1. The molecular weight excluding hydrogens is 394 g/mol. The highest BCUT2D eigenvalue weighted by Crippen LogP contribution is 2.24. The van der Waals surface area contributed by atoms with Crippen molar-refractivity contribution in [2.45, 2.75) is 16.7 Å². The zero-order valence-corrected chi connectivity index (χ0v) is 16.3. The van der Waals surface area contributed by atoms with Gasteiger partial charge in [-0.3, -0.25) is 9.29 Å². The average molecular weight is 411 g/mol. The summed E-state index contributed by atoms with van der Waals surface area (Å²) in [6.07, 6.45) is 0. The van der Waals surface area contributed by atoms with Gasteiger partial charge in [-0.1, -0.05) is 6.07 Å². The highest BCUT2D eigenvalue weighted by atomic mass is 32.2. The molecular formula is C16H17N3O6S2. The van der Waals surface area contributed by atoms with Crippen LogP contribution in [0.25, 0.3) is 11.1 Å². The number of hydrogen-bond donors (Lipinski definition) is 2. The molecule has 0 aliphatic rings. The molecule has 0 atom stereocenters. The van der Waals surface area contributed by atoms with E-state index in [0.717, 1.165) is 0 Å². The third kappa shape index (κ3) is 3.48. The summed E-state index contributed by atoms with van der Waals surface area (Å²) in [7, 11) is -4.98. The number of aryl methyl sites for hydroxylation is 2. The molecule has 0 bridgehead atoms. The van der Waals surface area contributed by atoms with Crippen LogP contribution in [-0.4, -0.2) is 28.5 Å². The number of hydrogen-bond acceptors (Lipinski definition) is 6. The maximum Gasteiger partial charge on any atom is 0.419 e. The number of fused-ring (bicyclic) bond motifs is 1. The second-order valence-electron chi connectivity index (χ2n) is 5.85. The first-order chi connectivity index (χ1) is 12.5. The summed E-state index contributed by atoms with van der Waals surface area (Å²) in [4.78, 5) is 11.4. The minimum Gasteiger partial charge on any atom is -0.408 e. The summed E-state index contributed by atoms with van der Waals surface area (Å²) >= 11 is 0. The zero-order valence-electron chi connectivity index (χ0n) is 14.7. The predicted molar refractivity (Wildman–Crippen MR) is 99.7 cm³/mol. The molecule has 2 aromatic carbocycles. The maximum absolute atomic E-state index is 12.6. The normalized spacial score (nSPS) is 12.4. The van der Waals surface area contributed by atoms with Crippen molar-refractivity contribution in [1.82, 2.24) is 9.29 Å². The molecule has 11 heteroatoms. The lowest BCUT2D eigenvalue weighted by molar-refractivity contribution is 0.527. The quantitative estimate of drug-likeness (QED) is 0.648. The number of sulfonamides is 2. The van der Waals surface area contributed by atoms with E-state index in [2.05, 4.69) is 9.44 Å². The minimum atomic E-state index is -4.03. The molecule has 1 aromatic heterocycles. The van der Waals surface area contributed by atoms with Gasteiger partial charge in [0.25, 0.3) is 10.0 Å². The van der Waals surface area contributed by atoms with Crippen LogP contribution in [0.4, 0.5) is 5.69 Å². The fourth-order valence-electron chi connectivity index (χ4n) is 2.56.